The van der Waals surface area contributed by atoms with Crippen molar-refractivity contribution in [3.05, 3.63) is 60.0 Å². The first-order chi connectivity index (χ1) is 16.7. The molecular formula is C26H33F3N4O2. The lowest BCUT2D eigenvalue weighted by atomic mass is 9.97. The number of halogens is 3. The van der Waals surface area contributed by atoms with E-state index in [-0.39, 0.29) is 18.5 Å². The number of rotatable bonds is 10. The molecule has 35 heavy (non-hydrogen) atoms. The highest BCUT2D eigenvalue weighted by Crippen LogP contribution is 2.30. The summed E-state index contributed by atoms with van der Waals surface area (Å²) in [6.45, 7) is 6.41. The van der Waals surface area contributed by atoms with Crippen molar-refractivity contribution in [3.63, 3.8) is 0 Å². The third-order valence-electron chi connectivity index (χ3n) is 6.26. The number of urea groups is 1. The lowest BCUT2D eigenvalue weighted by Gasteiger charge is -2.31. The van der Waals surface area contributed by atoms with Crippen LogP contribution < -0.4 is 5.32 Å². The Kier molecular flexibility index (Phi) is 8.77. The van der Waals surface area contributed by atoms with Crippen molar-refractivity contribution in [3.8, 4) is 11.1 Å². The van der Waals surface area contributed by atoms with E-state index in [1.165, 1.54) is 0 Å². The fourth-order valence-corrected chi connectivity index (χ4v) is 4.25. The van der Waals surface area contributed by atoms with Crippen molar-refractivity contribution in [2.24, 2.45) is 0 Å². The van der Waals surface area contributed by atoms with Gasteiger partial charge in [-0.2, -0.15) is 13.2 Å². The van der Waals surface area contributed by atoms with Crippen LogP contribution in [0, 0.1) is 0 Å². The predicted molar refractivity (Wildman–Crippen MR) is 130 cm³/mol. The maximum absolute atomic E-state index is 13.0. The molecule has 1 unspecified atom stereocenters. The summed E-state index contributed by atoms with van der Waals surface area (Å²) in [4.78, 5) is 19.0. The van der Waals surface area contributed by atoms with Crippen LogP contribution in [-0.4, -0.2) is 46.2 Å². The van der Waals surface area contributed by atoms with Gasteiger partial charge < -0.3 is 19.4 Å². The summed E-state index contributed by atoms with van der Waals surface area (Å²) in [5.41, 5.74) is 4.73. The number of nitrogens with one attached hydrogen (secondary N) is 1. The van der Waals surface area contributed by atoms with E-state index >= 15 is 0 Å². The van der Waals surface area contributed by atoms with Gasteiger partial charge in [0.1, 0.15) is 5.65 Å². The van der Waals surface area contributed by atoms with Gasteiger partial charge in [-0.1, -0.05) is 25.1 Å². The number of carbonyl (C=O) groups is 1. The van der Waals surface area contributed by atoms with E-state index in [0.717, 1.165) is 27.9 Å². The highest BCUT2D eigenvalue weighted by molar-refractivity contribution is 5.75. The minimum Gasteiger partial charge on any atom is -0.380 e. The summed E-state index contributed by atoms with van der Waals surface area (Å²) in [5, 5.41) is 2.79. The molecule has 1 N–H and O–H groups in total. The van der Waals surface area contributed by atoms with Crippen LogP contribution in [0.25, 0.3) is 16.8 Å². The Morgan fingerprint density at radius 1 is 1.26 bits per heavy atom. The first-order valence-corrected chi connectivity index (χ1v) is 11.9. The second-order valence-electron chi connectivity index (χ2n) is 8.63. The highest BCUT2D eigenvalue weighted by Gasteiger charge is 2.29. The molecule has 2 amide bonds. The fourth-order valence-electron chi connectivity index (χ4n) is 4.25. The Bertz CT molecular complexity index is 1130. The zero-order valence-electron chi connectivity index (χ0n) is 20.6. The van der Waals surface area contributed by atoms with Crippen LogP contribution in [0.2, 0.25) is 0 Å². The van der Waals surface area contributed by atoms with Crippen LogP contribution in [0.4, 0.5) is 18.0 Å². The number of hydrogen-bond acceptors (Lipinski definition) is 3. The van der Waals surface area contributed by atoms with Gasteiger partial charge in [-0.15, -0.1) is 0 Å². The van der Waals surface area contributed by atoms with Crippen LogP contribution in [0.5, 0.6) is 0 Å². The summed E-state index contributed by atoms with van der Waals surface area (Å²) in [5.74, 6) is 0. The summed E-state index contributed by atoms with van der Waals surface area (Å²) < 4.78 is 45.3. The normalized spacial score (nSPS) is 13.6. The van der Waals surface area contributed by atoms with Crippen molar-refractivity contribution >= 4 is 11.7 Å². The average Bonchev–Trinajstić information content (AvgIpc) is 3.28. The third kappa shape index (κ3) is 6.75. The summed E-state index contributed by atoms with van der Waals surface area (Å²) in [6.07, 6.45) is 0.780. The number of aromatic nitrogens is 2. The van der Waals surface area contributed by atoms with E-state index in [9.17, 15) is 18.0 Å². The van der Waals surface area contributed by atoms with Gasteiger partial charge in [-0.05, 0) is 55.5 Å². The molecule has 6 nitrogen and oxygen atoms in total. The molecule has 3 aromatic rings. The molecule has 190 valence electrons. The van der Waals surface area contributed by atoms with Gasteiger partial charge in [0.2, 0.25) is 0 Å². The smallest absolute Gasteiger partial charge is 0.380 e. The molecule has 0 aliphatic rings. The molecule has 0 bridgehead atoms. The van der Waals surface area contributed by atoms with Crippen molar-refractivity contribution < 1.29 is 22.7 Å². The molecule has 3 rings (SSSR count). The van der Waals surface area contributed by atoms with E-state index in [1.54, 1.807) is 25.1 Å². The Hall–Kier alpha value is -3.07. The lowest BCUT2D eigenvalue weighted by molar-refractivity contribution is -0.136. The standard InChI is InChI=1S/C26H33F3N4O2/c1-5-22(10-11-26(27,28)29)31-25(34)33(6-2)18(3)19-8-7-9-20(14-19)23-16-32-13-12-30-24(32)15-21(23)17-35-4/h7-9,12-16,18,22H,5-6,10-11,17H2,1-4H3,(H,31,34)/t18-,22?/m1/s1. The molecule has 2 aromatic heterocycles. The fraction of sp³-hybridized carbons (Fsp3) is 0.462. The Labute approximate surface area is 204 Å². The molecule has 0 aliphatic carbocycles. The van der Waals surface area contributed by atoms with Gasteiger partial charge in [-0.3, -0.25) is 0 Å². The molecule has 0 fully saturated rings. The number of methoxy groups -OCH3 is 1. The molecule has 0 aliphatic heterocycles. The third-order valence-corrected chi connectivity index (χ3v) is 6.26. The molecule has 0 saturated carbocycles. The van der Waals surface area contributed by atoms with Gasteiger partial charge in [0, 0.05) is 50.3 Å². The van der Waals surface area contributed by atoms with Crippen molar-refractivity contribution in [1.29, 1.82) is 0 Å². The van der Waals surface area contributed by atoms with Crippen LogP contribution in [0.3, 0.4) is 0 Å². The van der Waals surface area contributed by atoms with E-state index in [4.69, 9.17) is 4.74 Å². The lowest BCUT2D eigenvalue weighted by Crippen LogP contribution is -2.45. The molecule has 0 saturated heterocycles. The quantitative estimate of drug-likeness (QED) is 0.360. The number of ether oxygens (including phenoxy) is 1. The monoisotopic (exact) mass is 490 g/mol. The van der Waals surface area contributed by atoms with Gasteiger partial charge >= 0.3 is 12.2 Å². The Balaban J connectivity index is 1.83. The minimum atomic E-state index is -4.24. The number of hydrogen-bond donors (Lipinski definition) is 1. The molecular weight excluding hydrogens is 457 g/mol. The van der Waals surface area contributed by atoms with E-state index in [0.29, 0.717) is 19.6 Å². The van der Waals surface area contributed by atoms with Crippen molar-refractivity contribution in [2.45, 2.75) is 64.9 Å². The van der Waals surface area contributed by atoms with Crippen molar-refractivity contribution in [1.82, 2.24) is 19.6 Å². The maximum Gasteiger partial charge on any atom is 0.389 e. The number of imidazole rings is 1. The highest BCUT2D eigenvalue weighted by atomic mass is 19.4. The first-order valence-electron chi connectivity index (χ1n) is 11.9. The summed E-state index contributed by atoms with van der Waals surface area (Å²) in [7, 11) is 1.65. The van der Waals surface area contributed by atoms with Crippen LogP contribution in [0.1, 0.15) is 57.2 Å². The largest absolute Gasteiger partial charge is 0.389 e. The number of benzene rings is 1. The number of fused-ring (bicyclic) bond motifs is 1. The first kappa shape index (κ1) is 26.5. The summed E-state index contributed by atoms with van der Waals surface area (Å²) in [6, 6.07) is 8.77. The van der Waals surface area contributed by atoms with E-state index < -0.39 is 18.6 Å². The summed E-state index contributed by atoms with van der Waals surface area (Å²) >= 11 is 0. The second kappa shape index (κ2) is 11.6. The maximum atomic E-state index is 13.0. The molecule has 2 heterocycles. The molecule has 1 aromatic carbocycles. The van der Waals surface area contributed by atoms with Gasteiger partial charge in [0.05, 0.1) is 12.6 Å². The predicted octanol–water partition coefficient (Wildman–Crippen LogP) is 6.36. The van der Waals surface area contributed by atoms with E-state index in [2.05, 4.69) is 10.3 Å². The zero-order valence-corrected chi connectivity index (χ0v) is 20.6. The van der Waals surface area contributed by atoms with Crippen LogP contribution in [-0.2, 0) is 11.3 Å². The van der Waals surface area contributed by atoms with Gasteiger partial charge in [0.15, 0.2) is 0 Å². The average molecular weight is 491 g/mol. The second-order valence-corrected chi connectivity index (χ2v) is 8.63. The van der Waals surface area contributed by atoms with Gasteiger partial charge in [0.25, 0.3) is 0 Å². The minimum absolute atomic E-state index is 0.133. The zero-order chi connectivity index (χ0) is 25.6. The number of alkyl halides is 3. The molecule has 0 spiro atoms. The molecule has 9 heteroatoms. The van der Waals surface area contributed by atoms with Crippen LogP contribution in [0.15, 0.2) is 48.9 Å². The number of pyridine rings is 1. The number of nitrogens with zero attached hydrogens (tertiary/aromatic N) is 3. The van der Waals surface area contributed by atoms with Crippen molar-refractivity contribution in [2.75, 3.05) is 13.7 Å². The SMILES string of the molecule is CCC(CCC(F)(F)F)NC(=O)N(CC)[C@H](C)c1cccc(-c2cn3ccnc3cc2COC)c1. The number of carbonyl (C=O) groups excluding carboxylic acids is 1. The Morgan fingerprint density at radius 3 is 2.69 bits per heavy atom. The van der Waals surface area contributed by atoms with Crippen LogP contribution >= 0.6 is 0 Å². The number of amides is 2. The molecule has 2 atom stereocenters. The van der Waals surface area contributed by atoms with Gasteiger partial charge in [-0.25, -0.2) is 9.78 Å². The molecule has 0 radical (unpaired) electrons. The Morgan fingerprint density at radius 2 is 2.03 bits per heavy atom. The van der Waals surface area contributed by atoms with E-state index in [1.807, 2.05) is 61.0 Å². The topological polar surface area (TPSA) is 58.9 Å².